The van der Waals surface area contributed by atoms with Gasteiger partial charge < -0.3 is 14.2 Å². The molecule has 2 aromatic carbocycles. The first-order chi connectivity index (χ1) is 11.8. The second kappa shape index (κ2) is 6.52. The van der Waals surface area contributed by atoms with Gasteiger partial charge in [-0.3, -0.25) is 0 Å². The third kappa shape index (κ3) is 3.85. The van der Waals surface area contributed by atoms with Crippen LogP contribution >= 0.6 is 0 Å². The largest absolute Gasteiger partial charge is 0.452 e. The van der Waals surface area contributed by atoms with Gasteiger partial charge in [-0.05, 0) is 11.6 Å². The Bertz CT molecular complexity index is 763. The van der Waals surface area contributed by atoms with Gasteiger partial charge in [0.25, 0.3) is 0 Å². The van der Waals surface area contributed by atoms with Gasteiger partial charge in [0.2, 0.25) is 5.79 Å². The summed E-state index contributed by atoms with van der Waals surface area (Å²) < 4.78 is 17.2. The fourth-order valence-corrected chi connectivity index (χ4v) is 2.96. The standard InChI is InChI=1S/C21H24O4/c1-20(2,14-23-13-15-9-6-5-7-10-15)17-12-8-11-16-18(17)24-21(3,4)25-19(16)22/h5-12H,13-14H2,1-4H3. The van der Waals surface area contributed by atoms with Crippen LogP contribution in [0.3, 0.4) is 0 Å². The van der Waals surface area contributed by atoms with Crippen LogP contribution in [-0.2, 0) is 21.5 Å². The molecule has 25 heavy (non-hydrogen) atoms. The van der Waals surface area contributed by atoms with Crippen LogP contribution < -0.4 is 4.74 Å². The van der Waals surface area contributed by atoms with Gasteiger partial charge in [0, 0.05) is 24.8 Å². The molecule has 0 N–H and O–H groups in total. The van der Waals surface area contributed by atoms with Crippen LogP contribution in [0.25, 0.3) is 0 Å². The van der Waals surface area contributed by atoms with E-state index in [1.807, 2.05) is 42.5 Å². The molecule has 4 heteroatoms. The lowest BCUT2D eigenvalue weighted by Gasteiger charge is -2.36. The normalized spacial score (nSPS) is 15.9. The average molecular weight is 340 g/mol. The van der Waals surface area contributed by atoms with Crippen LogP contribution in [-0.4, -0.2) is 18.4 Å². The molecule has 132 valence electrons. The predicted octanol–water partition coefficient (Wildman–Crippen LogP) is 4.47. The molecule has 3 rings (SSSR count). The van der Waals surface area contributed by atoms with Crippen LogP contribution in [0.1, 0.15) is 49.2 Å². The first-order valence-corrected chi connectivity index (χ1v) is 8.46. The Morgan fingerprint density at radius 2 is 1.72 bits per heavy atom. The van der Waals surface area contributed by atoms with Gasteiger partial charge in [0.15, 0.2) is 0 Å². The second-order valence-electron chi connectivity index (χ2n) is 7.44. The smallest absolute Gasteiger partial charge is 0.345 e. The lowest BCUT2D eigenvalue weighted by atomic mass is 9.83. The van der Waals surface area contributed by atoms with Crippen molar-refractivity contribution in [1.29, 1.82) is 0 Å². The van der Waals surface area contributed by atoms with E-state index < -0.39 is 5.79 Å². The summed E-state index contributed by atoms with van der Waals surface area (Å²) in [7, 11) is 0. The van der Waals surface area contributed by atoms with Crippen molar-refractivity contribution < 1.29 is 19.0 Å². The molecule has 0 fully saturated rings. The monoisotopic (exact) mass is 340 g/mol. The number of para-hydroxylation sites is 1. The number of carbonyl (C=O) groups excluding carboxylic acids is 1. The summed E-state index contributed by atoms with van der Waals surface area (Å²) in [6.45, 7) is 8.71. The van der Waals surface area contributed by atoms with E-state index in [4.69, 9.17) is 14.2 Å². The number of hydrogen-bond donors (Lipinski definition) is 0. The maximum Gasteiger partial charge on any atom is 0.345 e. The Morgan fingerprint density at radius 1 is 1.00 bits per heavy atom. The highest BCUT2D eigenvalue weighted by molar-refractivity contribution is 5.94. The van der Waals surface area contributed by atoms with Crippen LogP contribution in [0.2, 0.25) is 0 Å². The second-order valence-corrected chi connectivity index (χ2v) is 7.44. The molecule has 2 aromatic rings. The highest BCUT2D eigenvalue weighted by atomic mass is 16.7. The quantitative estimate of drug-likeness (QED) is 0.754. The third-order valence-corrected chi connectivity index (χ3v) is 4.22. The van der Waals surface area contributed by atoms with Crippen LogP contribution in [0.4, 0.5) is 0 Å². The van der Waals surface area contributed by atoms with Crippen molar-refractivity contribution in [1.82, 2.24) is 0 Å². The minimum atomic E-state index is -0.971. The minimum absolute atomic E-state index is 0.312. The van der Waals surface area contributed by atoms with Gasteiger partial charge >= 0.3 is 5.97 Å². The van der Waals surface area contributed by atoms with E-state index in [-0.39, 0.29) is 11.4 Å². The molecule has 0 aliphatic carbocycles. The van der Waals surface area contributed by atoms with E-state index >= 15 is 0 Å². The van der Waals surface area contributed by atoms with Crippen LogP contribution in [0, 0.1) is 0 Å². The zero-order valence-electron chi connectivity index (χ0n) is 15.2. The molecule has 1 aliphatic heterocycles. The van der Waals surface area contributed by atoms with E-state index in [0.717, 1.165) is 11.1 Å². The molecule has 0 radical (unpaired) electrons. The van der Waals surface area contributed by atoms with Gasteiger partial charge in [-0.25, -0.2) is 4.79 Å². The summed E-state index contributed by atoms with van der Waals surface area (Å²) >= 11 is 0. The number of benzene rings is 2. The summed E-state index contributed by atoms with van der Waals surface area (Å²) in [6, 6.07) is 15.6. The zero-order valence-corrected chi connectivity index (χ0v) is 15.2. The topological polar surface area (TPSA) is 44.8 Å². The van der Waals surface area contributed by atoms with Crippen molar-refractivity contribution in [3.8, 4) is 5.75 Å². The Labute approximate surface area is 148 Å². The Balaban J connectivity index is 1.80. The van der Waals surface area contributed by atoms with Gasteiger partial charge in [-0.15, -0.1) is 0 Å². The fourth-order valence-electron chi connectivity index (χ4n) is 2.96. The van der Waals surface area contributed by atoms with Gasteiger partial charge in [0.05, 0.1) is 13.2 Å². The molecule has 1 aliphatic rings. The van der Waals surface area contributed by atoms with E-state index in [0.29, 0.717) is 24.5 Å². The van der Waals surface area contributed by atoms with Crippen molar-refractivity contribution in [2.24, 2.45) is 0 Å². The first-order valence-electron chi connectivity index (χ1n) is 8.46. The van der Waals surface area contributed by atoms with E-state index in [1.165, 1.54) is 0 Å². The minimum Gasteiger partial charge on any atom is -0.452 e. The number of fused-ring (bicyclic) bond motifs is 1. The molecule has 0 saturated carbocycles. The molecule has 0 aromatic heterocycles. The molecule has 0 atom stereocenters. The molecule has 0 saturated heterocycles. The highest BCUT2D eigenvalue weighted by Gasteiger charge is 2.38. The molecule has 1 heterocycles. The van der Waals surface area contributed by atoms with Crippen molar-refractivity contribution in [3.05, 3.63) is 65.2 Å². The Hall–Kier alpha value is -2.33. The molecule has 4 nitrogen and oxygen atoms in total. The van der Waals surface area contributed by atoms with Gasteiger partial charge in [-0.2, -0.15) is 0 Å². The number of carbonyl (C=O) groups is 1. The predicted molar refractivity (Wildman–Crippen MR) is 95.7 cm³/mol. The number of hydrogen-bond acceptors (Lipinski definition) is 4. The summed E-state index contributed by atoms with van der Waals surface area (Å²) in [5, 5.41) is 0. The summed E-state index contributed by atoms with van der Waals surface area (Å²) in [6.07, 6.45) is 0. The summed E-state index contributed by atoms with van der Waals surface area (Å²) in [5.41, 5.74) is 2.23. The number of rotatable bonds is 5. The molecule has 0 amide bonds. The molecular formula is C21H24O4. The average Bonchev–Trinajstić information content (AvgIpc) is 2.54. The Kier molecular flexibility index (Phi) is 4.56. The SMILES string of the molecule is CC1(C)OC(=O)c2cccc(C(C)(C)COCc3ccccc3)c2O1. The number of ether oxygens (including phenoxy) is 3. The van der Waals surface area contributed by atoms with Crippen LogP contribution in [0.15, 0.2) is 48.5 Å². The van der Waals surface area contributed by atoms with Crippen molar-refractivity contribution in [3.63, 3.8) is 0 Å². The Morgan fingerprint density at radius 3 is 2.44 bits per heavy atom. The number of cyclic esters (lactones) is 1. The van der Waals surface area contributed by atoms with Crippen molar-refractivity contribution in [2.45, 2.75) is 45.5 Å². The summed E-state index contributed by atoms with van der Waals surface area (Å²) in [5.74, 6) is -0.729. The fraction of sp³-hybridized carbons (Fsp3) is 0.381. The van der Waals surface area contributed by atoms with E-state index in [2.05, 4.69) is 13.8 Å². The zero-order chi connectivity index (χ0) is 18.1. The van der Waals surface area contributed by atoms with E-state index in [9.17, 15) is 4.79 Å². The first kappa shape index (κ1) is 17.5. The highest BCUT2D eigenvalue weighted by Crippen LogP contribution is 2.40. The van der Waals surface area contributed by atoms with Gasteiger partial charge in [-0.1, -0.05) is 56.3 Å². The maximum atomic E-state index is 12.2. The van der Waals surface area contributed by atoms with Crippen molar-refractivity contribution in [2.75, 3.05) is 6.61 Å². The summed E-state index contributed by atoms with van der Waals surface area (Å²) in [4.78, 5) is 12.2. The van der Waals surface area contributed by atoms with Crippen LogP contribution in [0.5, 0.6) is 5.75 Å². The van der Waals surface area contributed by atoms with Crippen molar-refractivity contribution >= 4 is 5.97 Å². The van der Waals surface area contributed by atoms with E-state index in [1.54, 1.807) is 19.9 Å². The lowest BCUT2D eigenvalue weighted by molar-refractivity contribution is -0.128. The molecule has 0 spiro atoms. The van der Waals surface area contributed by atoms with Gasteiger partial charge in [0.1, 0.15) is 11.3 Å². The molecule has 0 unspecified atom stereocenters. The molecule has 0 bridgehead atoms. The lowest BCUT2D eigenvalue weighted by Crippen LogP contribution is -2.40. The number of esters is 1. The molecular weight excluding hydrogens is 316 g/mol. The maximum absolute atomic E-state index is 12.2. The third-order valence-electron chi connectivity index (χ3n) is 4.22.